The average Bonchev–Trinajstić information content (AvgIpc) is 2.59. The van der Waals surface area contributed by atoms with E-state index >= 15 is 0 Å². The van der Waals surface area contributed by atoms with E-state index in [0.717, 1.165) is 38.6 Å². The summed E-state index contributed by atoms with van der Waals surface area (Å²) in [7, 11) is 7.26. The van der Waals surface area contributed by atoms with E-state index in [1.807, 2.05) is 21.0 Å². The number of unbranched alkanes of at least 4 members (excludes halogenated alkanes) is 3. The third-order valence-electron chi connectivity index (χ3n) is 4.17. The first kappa shape index (κ1) is 24.3. The summed E-state index contributed by atoms with van der Waals surface area (Å²) in [5.41, 5.74) is 0. The van der Waals surface area contributed by atoms with E-state index in [2.05, 4.69) is 4.90 Å². The number of likely N-dealkylation sites (N-methyl/N-ethyl adjacent to an activating group) is 1. The Labute approximate surface area is 157 Å². The number of amides is 3. The molecule has 0 spiro atoms. The van der Waals surface area contributed by atoms with Gasteiger partial charge in [-0.15, -0.1) is 0 Å². The van der Waals surface area contributed by atoms with Gasteiger partial charge in [0.15, 0.2) is 0 Å². The van der Waals surface area contributed by atoms with Gasteiger partial charge in [0.25, 0.3) is 0 Å². The van der Waals surface area contributed by atoms with Gasteiger partial charge in [-0.3, -0.25) is 19.6 Å². The SMILES string of the molecule is CCCCCC(=O)N(CN(O)C=O)[C@@H](CCCCN(C)C)C(=O)N(C)C. The minimum absolute atomic E-state index is 0.196. The molecule has 0 aromatic rings. The van der Waals surface area contributed by atoms with Gasteiger partial charge < -0.3 is 14.7 Å². The minimum Gasteiger partial charge on any atom is -0.347 e. The molecule has 0 heterocycles. The zero-order chi connectivity index (χ0) is 20.1. The lowest BCUT2D eigenvalue weighted by molar-refractivity contribution is -0.170. The van der Waals surface area contributed by atoms with Crippen LogP contribution < -0.4 is 0 Å². The molecule has 0 saturated carbocycles. The van der Waals surface area contributed by atoms with Crippen molar-refractivity contribution in [2.24, 2.45) is 0 Å². The Hall–Kier alpha value is -1.67. The molecule has 0 bridgehead atoms. The van der Waals surface area contributed by atoms with Crippen LogP contribution in [-0.4, -0.2) is 90.6 Å². The normalized spacial score (nSPS) is 12.0. The fraction of sp³-hybridized carbons (Fsp3) is 0.833. The molecule has 8 nitrogen and oxygen atoms in total. The largest absolute Gasteiger partial charge is 0.347 e. The van der Waals surface area contributed by atoms with Gasteiger partial charge in [-0.05, 0) is 46.3 Å². The van der Waals surface area contributed by atoms with Crippen molar-refractivity contribution in [3.05, 3.63) is 0 Å². The topological polar surface area (TPSA) is 84.4 Å². The highest BCUT2D eigenvalue weighted by Crippen LogP contribution is 2.15. The van der Waals surface area contributed by atoms with Crippen LogP contribution >= 0.6 is 0 Å². The van der Waals surface area contributed by atoms with E-state index in [-0.39, 0.29) is 24.9 Å². The van der Waals surface area contributed by atoms with Crippen LogP contribution in [0, 0.1) is 0 Å². The Morgan fingerprint density at radius 3 is 2.19 bits per heavy atom. The monoisotopic (exact) mass is 372 g/mol. The summed E-state index contributed by atoms with van der Waals surface area (Å²) >= 11 is 0. The molecule has 0 aromatic carbocycles. The molecular formula is C18H36N4O4. The van der Waals surface area contributed by atoms with Crippen molar-refractivity contribution in [3.8, 4) is 0 Å². The van der Waals surface area contributed by atoms with Gasteiger partial charge in [0.2, 0.25) is 18.2 Å². The van der Waals surface area contributed by atoms with E-state index in [1.165, 1.54) is 9.80 Å². The van der Waals surface area contributed by atoms with Crippen LogP contribution in [0.4, 0.5) is 0 Å². The molecule has 0 aromatic heterocycles. The first-order valence-corrected chi connectivity index (χ1v) is 9.30. The predicted octanol–water partition coefficient (Wildman–Crippen LogP) is 1.39. The molecule has 0 aliphatic carbocycles. The van der Waals surface area contributed by atoms with E-state index < -0.39 is 6.04 Å². The van der Waals surface area contributed by atoms with Crippen molar-refractivity contribution >= 4 is 18.2 Å². The molecule has 1 N–H and O–H groups in total. The van der Waals surface area contributed by atoms with Gasteiger partial charge in [-0.1, -0.05) is 19.8 Å². The highest BCUT2D eigenvalue weighted by Gasteiger charge is 2.31. The molecular weight excluding hydrogens is 336 g/mol. The summed E-state index contributed by atoms with van der Waals surface area (Å²) in [5, 5.41) is 10.0. The molecule has 0 rings (SSSR count). The zero-order valence-electron chi connectivity index (χ0n) is 17.0. The molecule has 152 valence electrons. The summed E-state index contributed by atoms with van der Waals surface area (Å²) in [5.74, 6) is -0.412. The summed E-state index contributed by atoms with van der Waals surface area (Å²) in [4.78, 5) is 41.0. The van der Waals surface area contributed by atoms with Crippen LogP contribution in [0.2, 0.25) is 0 Å². The van der Waals surface area contributed by atoms with Crippen LogP contribution in [0.3, 0.4) is 0 Å². The van der Waals surface area contributed by atoms with Crippen LogP contribution in [0.15, 0.2) is 0 Å². The summed E-state index contributed by atoms with van der Waals surface area (Å²) in [6.45, 7) is 2.65. The van der Waals surface area contributed by atoms with Crippen molar-refractivity contribution in [2.45, 2.75) is 57.9 Å². The quantitative estimate of drug-likeness (QED) is 0.164. The minimum atomic E-state index is -0.684. The Kier molecular flexibility index (Phi) is 12.7. The highest BCUT2D eigenvalue weighted by molar-refractivity contribution is 5.87. The van der Waals surface area contributed by atoms with Gasteiger partial charge in [0, 0.05) is 20.5 Å². The van der Waals surface area contributed by atoms with E-state index in [1.54, 1.807) is 14.1 Å². The molecule has 26 heavy (non-hydrogen) atoms. The Morgan fingerprint density at radius 1 is 1.04 bits per heavy atom. The van der Waals surface area contributed by atoms with Gasteiger partial charge in [-0.2, -0.15) is 0 Å². The molecule has 0 unspecified atom stereocenters. The second-order valence-corrected chi connectivity index (χ2v) is 7.05. The van der Waals surface area contributed by atoms with Gasteiger partial charge >= 0.3 is 0 Å². The standard InChI is InChI=1S/C18H36N4O4/c1-6-7-8-12-17(24)22(14-21(26)15-23)16(18(25)20(4)5)11-9-10-13-19(2)3/h15-16,26H,6-14H2,1-5H3/t16-/m0/s1. The molecule has 0 radical (unpaired) electrons. The number of rotatable bonds is 14. The molecule has 0 fully saturated rings. The number of nitrogens with zero attached hydrogens (tertiary/aromatic N) is 4. The van der Waals surface area contributed by atoms with E-state index in [4.69, 9.17) is 0 Å². The number of hydroxylamine groups is 2. The van der Waals surface area contributed by atoms with Crippen LogP contribution in [-0.2, 0) is 14.4 Å². The zero-order valence-corrected chi connectivity index (χ0v) is 17.0. The molecule has 0 aliphatic rings. The average molecular weight is 373 g/mol. The Morgan fingerprint density at radius 2 is 1.69 bits per heavy atom. The predicted molar refractivity (Wildman–Crippen MR) is 100 cm³/mol. The highest BCUT2D eigenvalue weighted by atomic mass is 16.5. The summed E-state index contributed by atoms with van der Waals surface area (Å²) < 4.78 is 0. The van der Waals surface area contributed by atoms with Gasteiger partial charge in [0.1, 0.15) is 12.7 Å². The number of hydrogen-bond acceptors (Lipinski definition) is 5. The lowest BCUT2D eigenvalue weighted by Gasteiger charge is -2.34. The lowest BCUT2D eigenvalue weighted by Crippen LogP contribution is -2.52. The Balaban J connectivity index is 5.22. The maximum absolute atomic E-state index is 12.7. The molecule has 0 aliphatic heterocycles. The van der Waals surface area contributed by atoms with Crippen molar-refractivity contribution in [3.63, 3.8) is 0 Å². The van der Waals surface area contributed by atoms with Crippen molar-refractivity contribution in [2.75, 3.05) is 41.4 Å². The van der Waals surface area contributed by atoms with Crippen LogP contribution in [0.5, 0.6) is 0 Å². The van der Waals surface area contributed by atoms with E-state index in [9.17, 15) is 19.6 Å². The third kappa shape index (κ3) is 9.72. The summed E-state index contributed by atoms with van der Waals surface area (Å²) in [6.07, 6.45) is 5.35. The second kappa shape index (κ2) is 13.5. The molecule has 3 amide bonds. The maximum atomic E-state index is 12.7. The van der Waals surface area contributed by atoms with E-state index in [0.29, 0.717) is 17.9 Å². The van der Waals surface area contributed by atoms with Crippen molar-refractivity contribution in [1.82, 2.24) is 19.8 Å². The fourth-order valence-electron chi connectivity index (χ4n) is 2.69. The number of carbonyl (C=O) groups is 3. The first-order chi connectivity index (χ1) is 12.2. The number of carbonyl (C=O) groups excluding carboxylic acids is 3. The van der Waals surface area contributed by atoms with Gasteiger partial charge in [-0.25, -0.2) is 5.06 Å². The number of hydrogen-bond donors (Lipinski definition) is 1. The van der Waals surface area contributed by atoms with Gasteiger partial charge in [0.05, 0.1) is 0 Å². The van der Waals surface area contributed by atoms with Crippen molar-refractivity contribution in [1.29, 1.82) is 0 Å². The third-order valence-corrected chi connectivity index (χ3v) is 4.17. The molecule has 8 heteroatoms. The van der Waals surface area contributed by atoms with Crippen LogP contribution in [0.1, 0.15) is 51.9 Å². The smallest absolute Gasteiger partial charge is 0.244 e. The first-order valence-electron chi connectivity index (χ1n) is 9.30. The second-order valence-electron chi connectivity index (χ2n) is 7.05. The summed E-state index contributed by atoms with van der Waals surface area (Å²) in [6, 6.07) is -0.684. The maximum Gasteiger partial charge on any atom is 0.244 e. The van der Waals surface area contributed by atoms with Crippen LogP contribution in [0.25, 0.3) is 0 Å². The molecule has 1 atom stereocenters. The molecule has 0 saturated heterocycles. The lowest BCUT2D eigenvalue weighted by atomic mass is 10.1. The Bertz CT molecular complexity index is 429. The fourth-order valence-corrected chi connectivity index (χ4v) is 2.69. The van der Waals surface area contributed by atoms with Crippen molar-refractivity contribution < 1.29 is 19.6 Å².